The molecule has 6 nitrogen and oxygen atoms in total. The summed E-state index contributed by atoms with van der Waals surface area (Å²) < 4.78 is 0. The predicted molar refractivity (Wildman–Crippen MR) is 121 cm³/mol. The van der Waals surface area contributed by atoms with Crippen LogP contribution >= 0.6 is 0 Å². The highest BCUT2D eigenvalue weighted by molar-refractivity contribution is 5.89. The average molecular weight is 418 g/mol. The molecule has 4 N–H and O–H groups in total. The molecule has 160 valence electrons. The van der Waals surface area contributed by atoms with Crippen molar-refractivity contribution in [1.29, 1.82) is 0 Å². The van der Waals surface area contributed by atoms with Crippen LogP contribution in [0.15, 0.2) is 72.8 Å². The Labute approximate surface area is 181 Å². The van der Waals surface area contributed by atoms with Gasteiger partial charge in [0.25, 0.3) is 0 Å². The summed E-state index contributed by atoms with van der Waals surface area (Å²) in [5.41, 5.74) is 7.39. The molecular formula is C25H27N3O3. The molecule has 0 radical (unpaired) electrons. The summed E-state index contributed by atoms with van der Waals surface area (Å²) in [6.07, 6.45) is 0.308. The lowest BCUT2D eigenvalue weighted by molar-refractivity contribution is -0.129. The number of hydrogen-bond donors (Lipinski definition) is 3. The Morgan fingerprint density at radius 2 is 1.42 bits per heavy atom. The van der Waals surface area contributed by atoms with Crippen molar-refractivity contribution in [3.63, 3.8) is 0 Å². The molecule has 0 aromatic heterocycles. The molecule has 6 heteroatoms. The molecular weight excluding hydrogens is 390 g/mol. The van der Waals surface area contributed by atoms with E-state index in [1.54, 1.807) is 0 Å². The van der Waals surface area contributed by atoms with Crippen LogP contribution < -0.4 is 16.4 Å². The Morgan fingerprint density at radius 1 is 0.806 bits per heavy atom. The van der Waals surface area contributed by atoms with Crippen molar-refractivity contribution < 1.29 is 14.4 Å². The zero-order chi connectivity index (χ0) is 22.2. The van der Waals surface area contributed by atoms with Gasteiger partial charge in [-0.15, -0.1) is 0 Å². The van der Waals surface area contributed by atoms with Gasteiger partial charge in [-0.3, -0.25) is 14.4 Å². The fourth-order valence-electron chi connectivity index (χ4n) is 3.46. The van der Waals surface area contributed by atoms with Gasteiger partial charge in [-0.05, 0) is 28.8 Å². The van der Waals surface area contributed by atoms with Gasteiger partial charge < -0.3 is 16.4 Å². The molecule has 0 saturated carbocycles. The smallest absolute Gasteiger partial charge is 0.240 e. The van der Waals surface area contributed by atoms with Crippen molar-refractivity contribution in [3.05, 3.63) is 83.9 Å². The van der Waals surface area contributed by atoms with Crippen molar-refractivity contribution in [2.45, 2.75) is 38.3 Å². The SMILES string of the molecule is C[C@@H](NC(=O)CCC(=O)N[C@@H](Cc1ccc2ccccc2c1)C(N)=O)c1ccccc1. The first-order chi connectivity index (χ1) is 14.9. The van der Waals surface area contributed by atoms with E-state index in [0.29, 0.717) is 6.42 Å². The van der Waals surface area contributed by atoms with E-state index in [1.165, 1.54) is 0 Å². The molecule has 0 aliphatic heterocycles. The Morgan fingerprint density at radius 3 is 2.10 bits per heavy atom. The van der Waals surface area contributed by atoms with Gasteiger partial charge >= 0.3 is 0 Å². The maximum atomic E-state index is 12.3. The third-order valence-electron chi connectivity index (χ3n) is 5.19. The summed E-state index contributed by atoms with van der Waals surface area (Å²) in [7, 11) is 0. The number of carbonyl (C=O) groups excluding carboxylic acids is 3. The van der Waals surface area contributed by atoms with E-state index in [1.807, 2.05) is 79.7 Å². The third kappa shape index (κ3) is 6.40. The molecule has 0 bridgehead atoms. The number of hydrogen-bond acceptors (Lipinski definition) is 3. The van der Waals surface area contributed by atoms with Crippen molar-refractivity contribution in [2.24, 2.45) is 5.73 Å². The normalized spacial score (nSPS) is 12.7. The van der Waals surface area contributed by atoms with E-state index < -0.39 is 11.9 Å². The predicted octanol–water partition coefficient (Wildman–Crippen LogP) is 3.01. The molecule has 31 heavy (non-hydrogen) atoms. The fraction of sp³-hybridized carbons (Fsp3) is 0.240. The van der Waals surface area contributed by atoms with Crippen molar-refractivity contribution in [1.82, 2.24) is 10.6 Å². The van der Waals surface area contributed by atoms with Crippen LogP contribution in [0.2, 0.25) is 0 Å². The highest BCUT2D eigenvalue weighted by Crippen LogP contribution is 2.17. The molecule has 0 heterocycles. The maximum Gasteiger partial charge on any atom is 0.240 e. The first-order valence-electron chi connectivity index (χ1n) is 10.3. The highest BCUT2D eigenvalue weighted by atomic mass is 16.2. The summed E-state index contributed by atoms with van der Waals surface area (Å²) in [6.45, 7) is 1.89. The lowest BCUT2D eigenvalue weighted by Gasteiger charge is -2.17. The van der Waals surface area contributed by atoms with Crippen LogP contribution in [0.1, 0.15) is 36.9 Å². The van der Waals surface area contributed by atoms with Crippen LogP contribution in [0.25, 0.3) is 10.8 Å². The van der Waals surface area contributed by atoms with Crippen LogP contribution in [0, 0.1) is 0 Å². The van der Waals surface area contributed by atoms with Crippen LogP contribution in [0.5, 0.6) is 0 Å². The molecule has 0 fully saturated rings. The van der Waals surface area contributed by atoms with E-state index in [9.17, 15) is 14.4 Å². The Kier molecular flexibility index (Phi) is 7.38. The Bertz CT molecular complexity index is 1070. The number of nitrogens with two attached hydrogens (primary N) is 1. The van der Waals surface area contributed by atoms with E-state index in [4.69, 9.17) is 5.73 Å². The van der Waals surface area contributed by atoms with Gasteiger partial charge in [0, 0.05) is 19.3 Å². The first-order valence-corrected chi connectivity index (χ1v) is 10.3. The molecule has 0 spiro atoms. The van der Waals surface area contributed by atoms with Gasteiger partial charge in [-0.2, -0.15) is 0 Å². The van der Waals surface area contributed by atoms with Crippen LogP contribution in [-0.2, 0) is 20.8 Å². The lowest BCUT2D eigenvalue weighted by atomic mass is 10.0. The summed E-state index contributed by atoms with van der Waals surface area (Å²) >= 11 is 0. The second-order valence-electron chi connectivity index (χ2n) is 7.61. The molecule has 3 aromatic rings. The molecule has 0 aliphatic carbocycles. The Hall–Kier alpha value is -3.67. The molecule has 3 rings (SSSR count). The van der Waals surface area contributed by atoms with Gasteiger partial charge in [0.15, 0.2) is 0 Å². The monoisotopic (exact) mass is 417 g/mol. The summed E-state index contributed by atoms with van der Waals surface area (Å²) in [6, 6.07) is 22.4. The number of carbonyl (C=O) groups is 3. The van der Waals surface area contributed by atoms with Crippen molar-refractivity contribution >= 4 is 28.5 Å². The molecule has 3 aromatic carbocycles. The second-order valence-corrected chi connectivity index (χ2v) is 7.61. The highest BCUT2D eigenvalue weighted by Gasteiger charge is 2.19. The molecule has 2 atom stereocenters. The van der Waals surface area contributed by atoms with Gasteiger partial charge in [0.2, 0.25) is 17.7 Å². The minimum atomic E-state index is -0.833. The van der Waals surface area contributed by atoms with E-state index >= 15 is 0 Å². The summed E-state index contributed by atoms with van der Waals surface area (Å²) in [5, 5.41) is 7.69. The van der Waals surface area contributed by atoms with E-state index in [0.717, 1.165) is 21.9 Å². The Balaban J connectivity index is 1.51. The van der Waals surface area contributed by atoms with Crippen molar-refractivity contribution in [3.8, 4) is 0 Å². The van der Waals surface area contributed by atoms with Gasteiger partial charge in [-0.1, -0.05) is 72.8 Å². The topological polar surface area (TPSA) is 101 Å². The van der Waals surface area contributed by atoms with Crippen molar-refractivity contribution in [2.75, 3.05) is 0 Å². The maximum absolute atomic E-state index is 12.3. The number of fused-ring (bicyclic) bond motifs is 1. The number of rotatable bonds is 9. The van der Waals surface area contributed by atoms with Crippen LogP contribution in [0.4, 0.5) is 0 Å². The van der Waals surface area contributed by atoms with Gasteiger partial charge in [-0.25, -0.2) is 0 Å². The summed E-state index contributed by atoms with van der Waals surface area (Å²) in [5.74, 6) is -1.22. The zero-order valence-corrected chi connectivity index (χ0v) is 17.5. The first kappa shape index (κ1) is 22.0. The largest absolute Gasteiger partial charge is 0.368 e. The number of primary amides is 1. The fourth-order valence-corrected chi connectivity index (χ4v) is 3.46. The van der Waals surface area contributed by atoms with E-state index in [-0.39, 0.29) is 30.7 Å². The quantitative estimate of drug-likeness (QED) is 0.499. The zero-order valence-electron chi connectivity index (χ0n) is 17.5. The average Bonchev–Trinajstić information content (AvgIpc) is 2.77. The van der Waals surface area contributed by atoms with E-state index in [2.05, 4.69) is 10.6 Å². The number of benzene rings is 3. The molecule has 0 unspecified atom stereocenters. The summed E-state index contributed by atoms with van der Waals surface area (Å²) in [4.78, 5) is 36.4. The van der Waals surface area contributed by atoms with Crippen LogP contribution in [0.3, 0.4) is 0 Å². The van der Waals surface area contributed by atoms with Crippen LogP contribution in [-0.4, -0.2) is 23.8 Å². The minimum Gasteiger partial charge on any atom is -0.368 e. The lowest BCUT2D eigenvalue weighted by Crippen LogP contribution is -2.46. The standard InChI is InChI=1S/C25H27N3O3/c1-17(19-7-3-2-4-8-19)27-23(29)13-14-24(30)28-22(25(26)31)16-18-11-12-20-9-5-6-10-21(20)15-18/h2-12,15,17,22H,13-14,16H2,1H3,(H2,26,31)(H,27,29)(H,28,30)/t17-,22+/m1/s1. The van der Waals surface area contributed by atoms with Gasteiger partial charge in [0.05, 0.1) is 6.04 Å². The second kappa shape index (κ2) is 10.4. The number of amides is 3. The third-order valence-corrected chi connectivity index (χ3v) is 5.19. The molecule has 0 saturated heterocycles. The molecule has 0 aliphatic rings. The molecule has 3 amide bonds. The minimum absolute atomic E-state index is 0.0190. The van der Waals surface area contributed by atoms with Gasteiger partial charge in [0.1, 0.15) is 6.04 Å². The number of nitrogens with one attached hydrogen (secondary N) is 2.